The van der Waals surface area contributed by atoms with E-state index in [2.05, 4.69) is 16.5 Å². The molecule has 3 aromatic carbocycles. The molecule has 0 bridgehead atoms. The summed E-state index contributed by atoms with van der Waals surface area (Å²) in [5, 5.41) is 16.8. The number of hydrogen-bond acceptors (Lipinski definition) is 4. The summed E-state index contributed by atoms with van der Waals surface area (Å²) in [6.07, 6.45) is 0. The molecule has 5 heteroatoms. The number of carbonyl (C=O) groups excluding carboxylic acids is 1. The molecule has 0 amide bonds. The Morgan fingerprint density at radius 3 is 2.24 bits per heavy atom. The quantitative estimate of drug-likeness (QED) is 0.545. The maximum Gasteiger partial charge on any atom is 0.280 e. The fourth-order valence-electron chi connectivity index (χ4n) is 3.00. The highest BCUT2D eigenvalue weighted by molar-refractivity contribution is 5.97. The molecule has 4 aromatic rings. The SMILES string of the molecule is N#Cc1ccc(CNc2cc(-c3ccccc3)nn2C(=O)c2ccccc2)cc1. The van der Waals surface area contributed by atoms with E-state index in [4.69, 9.17) is 5.26 Å². The molecule has 0 saturated carbocycles. The Balaban J connectivity index is 1.66. The summed E-state index contributed by atoms with van der Waals surface area (Å²) in [4.78, 5) is 13.0. The highest BCUT2D eigenvalue weighted by atomic mass is 16.2. The molecule has 1 N–H and O–H groups in total. The van der Waals surface area contributed by atoms with E-state index in [-0.39, 0.29) is 5.91 Å². The molecule has 0 spiro atoms. The second-order valence-corrected chi connectivity index (χ2v) is 6.53. The van der Waals surface area contributed by atoms with Crippen LogP contribution in [0.4, 0.5) is 5.82 Å². The van der Waals surface area contributed by atoms with Crippen molar-refractivity contribution in [2.24, 2.45) is 0 Å². The molecule has 0 aliphatic rings. The van der Waals surface area contributed by atoms with Crippen molar-refractivity contribution in [1.82, 2.24) is 9.78 Å². The lowest BCUT2D eigenvalue weighted by Crippen LogP contribution is -2.17. The van der Waals surface area contributed by atoms with Crippen LogP contribution in [0.1, 0.15) is 21.5 Å². The van der Waals surface area contributed by atoms with Crippen LogP contribution in [0.2, 0.25) is 0 Å². The van der Waals surface area contributed by atoms with E-state index in [9.17, 15) is 4.79 Å². The van der Waals surface area contributed by atoms with Crippen molar-refractivity contribution in [1.29, 1.82) is 5.26 Å². The summed E-state index contributed by atoms with van der Waals surface area (Å²) in [7, 11) is 0. The lowest BCUT2D eigenvalue weighted by Gasteiger charge is -2.09. The number of benzene rings is 3. The average Bonchev–Trinajstić information content (AvgIpc) is 3.23. The summed E-state index contributed by atoms with van der Waals surface area (Å²) in [5.41, 5.74) is 3.84. The van der Waals surface area contributed by atoms with E-state index >= 15 is 0 Å². The van der Waals surface area contributed by atoms with Crippen molar-refractivity contribution in [2.75, 3.05) is 5.32 Å². The van der Waals surface area contributed by atoms with Gasteiger partial charge in [0.05, 0.1) is 17.3 Å². The first-order valence-electron chi connectivity index (χ1n) is 9.23. The van der Waals surface area contributed by atoms with Crippen LogP contribution in [-0.2, 0) is 6.54 Å². The van der Waals surface area contributed by atoms with Crippen molar-refractivity contribution >= 4 is 11.7 Å². The third-order valence-electron chi connectivity index (χ3n) is 4.55. The third kappa shape index (κ3) is 4.07. The Morgan fingerprint density at radius 1 is 0.931 bits per heavy atom. The molecule has 29 heavy (non-hydrogen) atoms. The Labute approximate surface area is 168 Å². The minimum atomic E-state index is -0.199. The minimum absolute atomic E-state index is 0.199. The van der Waals surface area contributed by atoms with Gasteiger partial charge in [-0.05, 0) is 29.8 Å². The zero-order valence-corrected chi connectivity index (χ0v) is 15.6. The van der Waals surface area contributed by atoms with Gasteiger partial charge in [0.2, 0.25) is 0 Å². The van der Waals surface area contributed by atoms with E-state index in [0.717, 1.165) is 16.8 Å². The number of nitriles is 1. The monoisotopic (exact) mass is 378 g/mol. The number of hydrogen-bond donors (Lipinski definition) is 1. The van der Waals surface area contributed by atoms with Gasteiger partial charge in [-0.3, -0.25) is 4.79 Å². The van der Waals surface area contributed by atoms with Gasteiger partial charge in [-0.1, -0.05) is 60.7 Å². The normalized spacial score (nSPS) is 10.3. The summed E-state index contributed by atoms with van der Waals surface area (Å²) >= 11 is 0. The average molecular weight is 378 g/mol. The van der Waals surface area contributed by atoms with Crippen LogP contribution in [0.15, 0.2) is 91.0 Å². The number of nitrogens with one attached hydrogen (secondary N) is 1. The smallest absolute Gasteiger partial charge is 0.280 e. The van der Waals surface area contributed by atoms with Gasteiger partial charge in [-0.2, -0.15) is 15.0 Å². The highest BCUT2D eigenvalue weighted by Crippen LogP contribution is 2.23. The topological polar surface area (TPSA) is 70.7 Å². The standard InChI is InChI=1S/C24H18N4O/c25-16-18-11-13-19(14-12-18)17-26-23-15-22(20-7-3-1-4-8-20)27-28(23)24(29)21-9-5-2-6-10-21/h1-15,26H,17H2. The van der Waals surface area contributed by atoms with E-state index in [1.165, 1.54) is 4.68 Å². The number of rotatable bonds is 5. The highest BCUT2D eigenvalue weighted by Gasteiger charge is 2.17. The van der Waals surface area contributed by atoms with Gasteiger partial charge in [0.15, 0.2) is 0 Å². The van der Waals surface area contributed by atoms with Gasteiger partial charge in [0, 0.05) is 23.7 Å². The Kier molecular flexibility index (Phi) is 5.17. The van der Waals surface area contributed by atoms with E-state index in [1.807, 2.05) is 66.7 Å². The van der Waals surface area contributed by atoms with Crippen LogP contribution in [0.3, 0.4) is 0 Å². The first-order chi connectivity index (χ1) is 14.2. The summed E-state index contributed by atoms with van der Waals surface area (Å²) in [5.74, 6) is 0.414. The van der Waals surface area contributed by atoms with Crippen molar-refractivity contribution < 1.29 is 4.79 Å². The third-order valence-corrected chi connectivity index (χ3v) is 4.55. The lowest BCUT2D eigenvalue weighted by molar-refractivity contribution is 0.0948. The van der Waals surface area contributed by atoms with Crippen LogP contribution in [0, 0.1) is 11.3 Å². The Morgan fingerprint density at radius 2 is 1.59 bits per heavy atom. The van der Waals surface area contributed by atoms with Crippen molar-refractivity contribution in [2.45, 2.75) is 6.54 Å². The zero-order chi connectivity index (χ0) is 20.1. The van der Waals surface area contributed by atoms with E-state index < -0.39 is 0 Å². The molecule has 0 radical (unpaired) electrons. The Hall–Kier alpha value is -4.17. The molecule has 4 rings (SSSR count). The summed E-state index contributed by atoms with van der Waals surface area (Å²) in [6.45, 7) is 0.508. The van der Waals surface area contributed by atoms with Crippen molar-refractivity contribution in [3.8, 4) is 17.3 Å². The number of aromatic nitrogens is 2. The molecule has 0 saturated heterocycles. The molecule has 0 unspecified atom stereocenters. The van der Waals surface area contributed by atoms with Crippen LogP contribution in [0.25, 0.3) is 11.3 Å². The fourth-order valence-corrected chi connectivity index (χ4v) is 3.00. The molecule has 5 nitrogen and oxygen atoms in total. The molecule has 1 heterocycles. The van der Waals surface area contributed by atoms with Crippen molar-refractivity contribution in [3.63, 3.8) is 0 Å². The van der Waals surface area contributed by atoms with Gasteiger partial charge < -0.3 is 5.32 Å². The van der Waals surface area contributed by atoms with Crippen LogP contribution in [-0.4, -0.2) is 15.7 Å². The second kappa shape index (κ2) is 8.24. The summed E-state index contributed by atoms with van der Waals surface area (Å²) < 4.78 is 1.40. The minimum Gasteiger partial charge on any atom is -0.366 e. The van der Waals surface area contributed by atoms with Gasteiger partial charge >= 0.3 is 0 Å². The Bertz CT molecular complexity index is 1160. The molecule has 0 aliphatic carbocycles. The van der Waals surface area contributed by atoms with Gasteiger partial charge in [-0.15, -0.1) is 0 Å². The molecular weight excluding hydrogens is 360 g/mol. The van der Waals surface area contributed by atoms with Crippen LogP contribution >= 0.6 is 0 Å². The van der Waals surface area contributed by atoms with Gasteiger partial charge in [0.25, 0.3) is 5.91 Å². The predicted molar refractivity (Wildman–Crippen MR) is 112 cm³/mol. The molecule has 0 atom stereocenters. The molecule has 0 aliphatic heterocycles. The van der Waals surface area contributed by atoms with Crippen LogP contribution in [0.5, 0.6) is 0 Å². The first-order valence-corrected chi connectivity index (χ1v) is 9.23. The lowest BCUT2D eigenvalue weighted by atomic mass is 10.1. The van der Waals surface area contributed by atoms with Gasteiger partial charge in [0.1, 0.15) is 5.82 Å². The van der Waals surface area contributed by atoms with Crippen molar-refractivity contribution in [3.05, 3.63) is 108 Å². The predicted octanol–water partition coefficient (Wildman–Crippen LogP) is 4.72. The molecular formula is C24H18N4O. The molecule has 140 valence electrons. The largest absolute Gasteiger partial charge is 0.366 e. The number of carbonyl (C=O) groups is 1. The number of nitrogens with zero attached hydrogens (tertiary/aromatic N) is 3. The van der Waals surface area contributed by atoms with Gasteiger partial charge in [-0.25, -0.2) is 0 Å². The zero-order valence-electron chi connectivity index (χ0n) is 15.6. The first kappa shape index (κ1) is 18.2. The van der Waals surface area contributed by atoms with Crippen LogP contribution < -0.4 is 5.32 Å². The fraction of sp³-hybridized carbons (Fsp3) is 0.0417. The summed E-state index contributed by atoms with van der Waals surface area (Å²) in [6, 6.07) is 30.2. The molecule has 1 aromatic heterocycles. The second-order valence-electron chi connectivity index (χ2n) is 6.53. The van der Waals surface area contributed by atoms with E-state index in [0.29, 0.717) is 23.5 Å². The number of anilines is 1. The van der Waals surface area contributed by atoms with E-state index in [1.54, 1.807) is 24.3 Å². The maximum atomic E-state index is 13.0. The maximum absolute atomic E-state index is 13.0. The molecule has 0 fully saturated rings.